The number of anilines is 6. The number of hydrogen-bond donors (Lipinski definition) is 0. The molecule has 0 unspecified atom stereocenters. The van der Waals surface area contributed by atoms with Gasteiger partial charge in [0.05, 0.1) is 22.8 Å². The minimum atomic E-state index is 0.839. The number of aromatic nitrogens is 2. The van der Waals surface area contributed by atoms with Crippen molar-refractivity contribution in [3.63, 3.8) is 0 Å². The molecule has 9 rings (SSSR count). The molecule has 4 nitrogen and oxygen atoms in total. The lowest BCUT2D eigenvalue weighted by Crippen LogP contribution is -2.14. The molecule has 0 amide bonds. The molecule has 8 aromatic rings. The fourth-order valence-corrected chi connectivity index (χ4v) is 6.74. The van der Waals surface area contributed by atoms with Gasteiger partial charge < -0.3 is 9.80 Å². The van der Waals surface area contributed by atoms with Crippen LogP contribution < -0.4 is 9.80 Å². The summed E-state index contributed by atoms with van der Waals surface area (Å²) in [6.45, 7) is 0. The molecule has 0 bridgehead atoms. The predicted molar refractivity (Wildman–Crippen MR) is 191 cm³/mol. The van der Waals surface area contributed by atoms with E-state index < -0.39 is 0 Å². The molecule has 0 spiro atoms. The van der Waals surface area contributed by atoms with Crippen molar-refractivity contribution in [2.45, 2.75) is 0 Å². The lowest BCUT2D eigenvalue weighted by atomic mass is 10.0. The highest BCUT2D eigenvalue weighted by molar-refractivity contribution is 6.15. The van der Waals surface area contributed by atoms with E-state index in [0.717, 1.165) is 67.7 Å². The molecule has 1 aliphatic carbocycles. The lowest BCUT2D eigenvalue weighted by Gasteiger charge is -2.30. The van der Waals surface area contributed by atoms with Crippen LogP contribution in [0.3, 0.4) is 0 Å². The summed E-state index contributed by atoms with van der Waals surface area (Å²) in [5.74, 6) is 0. The van der Waals surface area contributed by atoms with Gasteiger partial charge in [-0.1, -0.05) is 109 Å². The van der Waals surface area contributed by atoms with Crippen LogP contribution in [-0.4, -0.2) is 9.97 Å². The number of hydrogen-bond acceptors (Lipinski definition) is 4. The van der Waals surface area contributed by atoms with Crippen molar-refractivity contribution in [2.24, 2.45) is 0 Å². The van der Waals surface area contributed by atoms with E-state index in [-0.39, 0.29) is 0 Å². The Balaban J connectivity index is 1.39. The first kappa shape index (κ1) is 26.2. The Kier molecular flexibility index (Phi) is 6.10. The van der Waals surface area contributed by atoms with Crippen molar-refractivity contribution >= 4 is 55.9 Å². The molecule has 46 heavy (non-hydrogen) atoms. The van der Waals surface area contributed by atoms with Crippen LogP contribution in [0.2, 0.25) is 0 Å². The summed E-state index contributed by atoms with van der Waals surface area (Å²) in [5, 5.41) is 2.41. The van der Waals surface area contributed by atoms with Gasteiger partial charge in [0, 0.05) is 39.3 Å². The van der Waals surface area contributed by atoms with Crippen LogP contribution in [0.15, 0.2) is 170 Å². The Morgan fingerprint density at radius 1 is 0.326 bits per heavy atom. The van der Waals surface area contributed by atoms with Gasteiger partial charge in [-0.25, -0.2) is 9.97 Å². The van der Waals surface area contributed by atoms with Crippen molar-refractivity contribution in [1.29, 1.82) is 0 Å². The first-order chi connectivity index (χ1) is 22.8. The molecule has 1 aliphatic rings. The highest BCUT2D eigenvalue weighted by Gasteiger charge is 2.28. The van der Waals surface area contributed by atoms with Gasteiger partial charge in [-0.05, 0) is 66.0 Å². The third-order valence-corrected chi connectivity index (χ3v) is 8.73. The minimum Gasteiger partial charge on any atom is -0.308 e. The number of benzene rings is 7. The summed E-state index contributed by atoms with van der Waals surface area (Å²) in [6, 6.07) is 59.3. The summed E-state index contributed by atoms with van der Waals surface area (Å²) < 4.78 is 0. The van der Waals surface area contributed by atoms with Gasteiger partial charge in [0.1, 0.15) is 11.0 Å². The Labute approximate surface area is 267 Å². The summed E-state index contributed by atoms with van der Waals surface area (Å²) >= 11 is 0. The molecule has 0 saturated carbocycles. The molecular formula is C42H28N4. The van der Waals surface area contributed by atoms with Crippen LogP contribution >= 0.6 is 0 Å². The molecule has 216 valence electrons. The van der Waals surface area contributed by atoms with E-state index in [1.807, 2.05) is 0 Å². The second-order valence-corrected chi connectivity index (χ2v) is 11.4. The largest absolute Gasteiger partial charge is 0.308 e. The number of para-hydroxylation sites is 4. The van der Waals surface area contributed by atoms with Gasteiger partial charge in [0.2, 0.25) is 0 Å². The quantitative estimate of drug-likeness (QED) is 0.193. The number of nitrogens with zero attached hydrogens (tertiary/aromatic N) is 4. The molecule has 7 aromatic carbocycles. The summed E-state index contributed by atoms with van der Waals surface area (Å²) in [5.41, 5.74) is 11.9. The van der Waals surface area contributed by atoms with E-state index in [2.05, 4.69) is 180 Å². The van der Waals surface area contributed by atoms with Gasteiger partial charge in [-0.15, -0.1) is 0 Å². The first-order valence-electron chi connectivity index (χ1n) is 15.5. The topological polar surface area (TPSA) is 32.3 Å². The molecule has 4 heteroatoms. The van der Waals surface area contributed by atoms with E-state index in [1.54, 1.807) is 0 Å². The van der Waals surface area contributed by atoms with E-state index in [1.165, 1.54) is 10.8 Å². The second kappa shape index (κ2) is 10.7. The molecule has 1 heterocycles. The van der Waals surface area contributed by atoms with E-state index >= 15 is 0 Å². The Bertz CT molecular complexity index is 2110. The third kappa shape index (κ3) is 4.15. The number of rotatable bonds is 6. The molecule has 0 aliphatic heterocycles. The fourth-order valence-electron chi connectivity index (χ4n) is 6.74. The molecule has 0 atom stereocenters. The second-order valence-electron chi connectivity index (χ2n) is 11.4. The Morgan fingerprint density at radius 2 is 0.674 bits per heavy atom. The van der Waals surface area contributed by atoms with Gasteiger partial charge in [0.15, 0.2) is 0 Å². The predicted octanol–water partition coefficient (Wildman–Crippen LogP) is 11.4. The summed E-state index contributed by atoms with van der Waals surface area (Å²) in [7, 11) is 0. The monoisotopic (exact) mass is 588 g/mol. The maximum absolute atomic E-state index is 5.57. The van der Waals surface area contributed by atoms with Crippen molar-refractivity contribution < 1.29 is 0 Å². The van der Waals surface area contributed by atoms with Gasteiger partial charge in [-0.2, -0.15) is 0 Å². The smallest absolute Gasteiger partial charge is 0.116 e. The molecule has 0 radical (unpaired) electrons. The standard InChI is InChI=1S/C42H28N4/c1-5-17-30(18-6-1)45(31-19-7-2-8-20-31)36-27-28-37(46(32-21-9-3-10-22-32)33-23-11-4-12-24-33)42-41(36)43-39-34-25-13-15-29-16-14-26-35(38(29)34)40(39)44-42/h1-28H. The minimum absolute atomic E-state index is 0.839. The maximum atomic E-state index is 5.57. The van der Waals surface area contributed by atoms with Crippen molar-refractivity contribution in [3.05, 3.63) is 170 Å². The fraction of sp³-hybridized carbons (Fsp3) is 0. The van der Waals surface area contributed by atoms with Crippen LogP contribution in [0.1, 0.15) is 0 Å². The lowest BCUT2D eigenvalue weighted by molar-refractivity contribution is 1.23. The molecular weight excluding hydrogens is 560 g/mol. The highest BCUT2D eigenvalue weighted by Crippen LogP contribution is 2.49. The molecule has 1 aromatic heterocycles. The van der Waals surface area contributed by atoms with Crippen LogP contribution in [-0.2, 0) is 0 Å². The van der Waals surface area contributed by atoms with Gasteiger partial charge in [-0.3, -0.25) is 0 Å². The van der Waals surface area contributed by atoms with Crippen molar-refractivity contribution in [1.82, 2.24) is 9.97 Å². The summed E-state index contributed by atoms with van der Waals surface area (Å²) in [6.07, 6.45) is 0. The van der Waals surface area contributed by atoms with E-state index in [9.17, 15) is 0 Å². The average Bonchev–Trinajstić information content (AvgIpc) is 3.44. The molecule has 0 N–H and O–H groups in total. The van der Waals surface area contributed by atoms with Gasteiger partial charge in [0.25, 0.3) is 0 Å². The van der Waals surface area contributed by atoms with Crippen LogP contribution in [0, 0.1) is 0 Å². The van der Waals surface area contributed by atoms with Crippen LogP contribution in [0.5, 0.6) is 0 Å². The SMILES string of the molecule is c1ccc(N(c2ccccc2)c2ccc(N(c3ccccc3)c3ccccc3)c3nc4c(nc23)-c2cccc3cccc-4c23)cc1. The summed E-state index contributed by atoms with van der Waals surface area (Å²) in [4.78, 5) is 15.7. The molecule has 0 fully saturated rings. The van der Waals surface area contributed by atoms with Crippen molar-refractivity contribution in [3.8, 4) is 22.5 Å². The average molecular weight is 589 g/mol. The first-order valence-corrected chi connectivity index (χ1v) is 15.5. The zero-order chi connectivity index (χ0) is 30.5. The van der Waals surface area contributed by atoms with Gasteiger partial charge >= 0.3 is 0 Å². The normalized spacial score (nSPS) is 11.5. The Morgan fingerprint density at radius 3 is 1.02 bits per heavy atom. The maximum Gasteiger partial charge on any atom is 0.116 e. The van der Waals surface area contributed by atoms with Crippen LogP contribution in [0.4, 0.5) is 34.1 Å². The van der Waals surface area contributed by atoms with E-state index in [0.29, 0.717) is 0 Å². The third-order valence-electron chi connectivity index (χ3n) is 8.73. The highest BCUT2D eigenvalue weighted by atomic mass is 15.2. The molecule has 0 saturated heterocycles. The van der Waals surface area contributed by atoms with Crippen LogP contribution in [0.25, 0.3) is 44.3 Å². The zero-order valence-corrected chi connectivity index (χ0v) is 25.0. The number of fused-ring (bicyclic) bond motifs is 4. The van der Waals surface area contributed by atoms with E-state index in [4.69, 9.17) is 9.97 Å². The zero-order valence-electron chi connectivity index (χ0n) is 25.0. The van der Waals surface area contributed by atoms with Crippen molar-refractivity contribution in [2.75, 3.05) is 9.80 Å². The Hall–Kier alpha value is -6.26.